The highest BCUT2D eigenvalue weighted by Gasteiger charge is 2.17. The van der Waals surface area contributed by atoms with Gasteiger partial charge in [0.15, 0.2) is 5.11 Å². The lowest BCUT2D eigenvalue weighted by atomic mass is 10.3. The van der Waals surface area contributed by atoms with Crippen molar-refractivity contribution in [1.29, 1.82) is 0 Å². The summed E-state index contributed by atoms with van der Waals surface area (Å²) in [7, 11) is -2.39. The zero-order chi connectivity index (χ0) is 21.7. The average Bonchev–Trinajstić information content (AvgIpc) is 2.71. The van der Waals surface area contributed by atoms with Crippen molar-refractivity contribution in [2.24, 2.45) is 0 Å². The molecule has 0 aliphatic carbocycles. The van der Waals surface area contributed by atoms with Crippen LogP contribution in [0.5, 0.6) is 5.75 Å². The molecule has 30 heavy (non-hydrogen) atoms. The minimum Gasteiger partial charge on any atom is -0.495 e. The number of methoxy groups -OCH3 is 1. The number of hydrogen-bond acceptors (Lipinski definition) is 4. The number of hydrogen-bond donors (Lipinski definition) is 3. The fourth-order valence-corrected chi connectivity index (χ4v) is 4.06. The Balaban J connectivity index is 1.75. The van der Waals surface area contributed by atoms with E-state index in [1.54, 1.807) is 42.5 Å². The fraction of sp³-hybridized carbons (Fsp3) is 0.0500. The summed E-state index contributed by atoms with van der Waals surface area (Å²) < 4.78 is 47.1. The first-order valence-electron chi connectivity index (χ1n) is 8.57. The van der Waals surface area contributed by atoms with Gasteiger partial charge in [-0.1, -0.05) is 15.9 Å². The first-order chi connectivity index (χ1) is 14.3. The monoisotopic (exact) mass is 509 g/mol. The third-order valence-corrected chi connectivity index (χ3v) is 6.04. The number of ether oxygens (including phenoxy) is 1. The van der Waals surface area contributed by atoms with Crippen LogP contribution in [0.2, 0.25) is 0 Å². The quantitative estimate of drug-likeness (QED) is 0.396. The number of anilines is 3. The lowest BCUT2D eigenvalue weighted by Crippen LogP contribution is -2.20. The molecule has 0 aliphatic heterocycles. The van der Waals surface area contributed by atoms with Gasteiger partial charge in [-0.05, 0) is 72.9 Å². The highest BCUT2D eigenvalue weighted by Crippen LogP contribution is 2.29. The van der Waals surface area contributed by atoms with Gasteiger partial charge in [-0.2, -0.15) is 0 Å². The van der Waals surface area contributed by atoms with Gasteiger partial charge in [-0.15, -0.1) is 0 Å². The molecule has 0 atom stereocenters. The molecule has 0 spiro atoms. The molecule has 0 amide bonds. The summed E-state index contributed by atoms with van der Waals surface area (Å²) in [5.41, 5.74) is 1.51. The Morgan fingerprint density at radius 3 is 2.23 bits per heavy atom. The Morgan fingerprint density at radius 2 is 1.60 bits per heavy atom. The molecule has 3 aromatic rings. The highest BCUT2D eigenvalue weighted by molar-refractivity contribution is 9.10. The summed E-state index contributed by atoms with van der Waals surface area (Å²) in [6.07, 6.45) is 0. The number of halogens is 2. The molecule has 156 valence electrons. The van der Waals surface area contributed by atoms with Crippen LogP contribution in [0.25, 0.3) is 0 Å². The molecule has 10 heteroatoms. The van der Waals surface area contributed by atoms with Gasteiger partial charge >= 0.3 is 0 Å². The Morgan fingerprint density at radius 1 is 0.967 bits per heavy atom. The van der Waals surface area contributed by atoms with E-state index in [2.05, 4.69) is 31.3 Å². The smallest absolute Gasteiger partial charge is 0.262 e. The maximum absolute atomic E-state index is 13.0. The Labute approximate surface area is 187 Å². The minimum atomic E-state index is -3.81. The first kappa shape index (κ1) is 22.0. The Bertz CT molecular complexity index is 1150. The van der Waals surface area contributed by atoms with Gasteiger partial charge in [-0.25, -0.2) is 12.8 Å². The van der Waals surface area contributed by atoms with Gasteiger partial charge in [0.05, 0.1) is 17.7 Å². The van der Waals surface area contributed by atoms with Crippen LogP contribution < -0.4 is 20.1 Å². The van der Waals surface area contributed by atoms with Crippen molar-refractivity contribution in [2.45, 2.75) is 4.90 Å². The van der Waals surface area contributed by atoms with E-state index in [9.17, 15) is 12.8 Å². The lowest BCUT2D eigenvalue weighted by Gasteiger charge is -2.15. The van der Waals surface area contributed by atoms with Crippen molar-refractivity contribution < 1.29 is 17.5 Å². The van der Waals surface area contributed by atoms with Crippen LogP contribution in [-0.4, -0.2) is 20.6 Å². The topological polar surface area (TPSA) is 79.5 Å². The number of sulfonamides is 1. The van der Waals surface area contributed by atoms with E-state index in [1.165, 1.54) is 31.4 Å². The van der Waals surface area contributed by atoms with Crippen molar-refractivity contribution in [3.8, 4) is 5.75 Å². The van der Waals surface area contributed by atoms with Gasteiger partial charge in [0, 0.05) is 21.9 Å². The van der Waals surface area contributed by atoms with Crippen molar-refractivity contribution in [3.05, 3.63) is 77.0 Å². The van der Waals surface area contributed by atoms with Crippen molar-refractivity contribution in [2.75, 3.05) is 22.5 Å². The van der Waals surface area contributed by atoms with Crippen LogP contribution >= 0.6 is 28.1 Å². The van der Waals surface area contributed by atoms with Gasteiger partial charge in [0.1, 0.15) is 11.6 Å². The number of thiocarbonyl (C=S) groups is 1. The van der Waals surface area contributed by atoms with Crippen molar-refractivity contribution in [1.82, 2.24) is 0 Å². The fourth-order valence-electron chi connectivity index (χ4n) is 2.49. The van der Waals surface area contributed by atoms with Gasteiger partial charge in [-0.3, -0.25) is 4.72 Å². The molecule has 0 saturated carbocycles. The minimum absolute atomic E-state index is 0.0326. The number of nitrogens with one attached hydrogen (secondary N) is 3. The molecule has 0 aliphatic rings. The average molecular weight is 510 g/mol. The second kappa shape index (κ2) is 9.41. The van der Waals surface area contributed by atoms with Crippen LogP contribution in [0.3, 0.4) is 0 Å². The van der Waals surface area contributed by atoms with E-state index >= 15 is 0 Å². The normalized spacial score (nSPS) is 10.9. The summed E-state index contributed by atoms with van der Waals surface area (Å²) in [6.45, 7) is 0. The Kier molecular flexibility index (Phi) is 6.91. The molecule has 0 fully saturated rings. The van der Waals surface area contributed by atoms with Crippen LogP contribution in [0.1, 0.15) is 0 Å². The molecular weight excluding hydrogens is 493 g/mol. The SMILES string of the molecule is COc1cc(S(=O)(=O)Nc2ccc(Br)cc2)ccc1NC(=S)Nc1ccc(F)cc1. The van der Waals surface area contributed by atoms with Crippen molar-refractivity contribution in [3.63, 3.8) is 0 Å². The maximum atomic E-state index is 13.0. The van der Waals surface area contributed by atoms with Crippen LogP contribution in [0.15, 0.2) is 76.1 Å². The molecule has 0 radical (unpaired) electrons. The molecule has 0 unspecified atom stereocenters. The zero-order valence-electron chi connectivity index (χ0n) is 15.6. The van der Waals surface area contributed by atoms with E-state index in [0.29, 0.717) is 17.1 Å². The molecule has 0 heterocycles. The molecule has 6 nitrogen and oxygen atoms in total. The second-order valence-corrected chi connectivity index (χ2v) is 9.07. The largest absolute Gasteiger partial charge is 0.495 e. The predicted molar refractivity (Wildman–Crippen MR) is 124 cm³/mol. The third-order valence-electron chi connectivity index (χ3n) is 3.93. The number of benzene rings is 3. The summed E-state index contributed by atoms with van der Waals surface area (Å²) in [4.78, 5) is 0.0326. The highest BCUT2D eigenvalue weighted by atomic mass is 79.9. The number of rotatable bonds is 6. The third kappa shape index (κ3) is 5.68. The van der Waals surface area contributed by atoms with Crippen LogP contribution in [0.4, 0.5) is 21.5 Å². The Hall–Kier alpha value is -2.69. The summed E-state index contributed by atoms with van der Waals surface area (Å²) in [5, 5.41) is 6.09. The molecule has 3 N–H and O–H groups in total. The van der Waals surface area contributed by atoms with Crippen molar-refractivity contribution >= 4 is 60.3 Å². The van der Waals surface area contributed by atoms with E-state index in [1.807, 2.05) is 0 Å². The second-order valence-electron chi connectivity index (χ2n) is 6.06. The zero-order valence-corrected chi connectivity index (χ0v) is 18.9. The van der Waals surface area contributed by atoms with Gasteiger partial charge in [0.2, 0.25) is 0 Å². The lowest BCUT2D eigenvalue weighted by molar-refractivity contribution is 0.415. The van der Waals surface area contributed by atoms with Crippen LogP contribution in [-0.2, 0) is 10.0 Å². The predicted octanol–water partition coefficient (Wildman–Crippen LogP) is 5.21. The molecule has 0 aromatic heterocycles. The maximum Gasteiger partial charge on any atom is 0.262 e. The van der Waals surface area contributed by atoms with E-state index < -0.39 is 10.0 Å². The van der Waals surface area contributed by atoms with E-state index in [-0.39, 0.29) is 21.6 Å². The molecule has 3 aromatic carbocycles. The molecule has 0 bridgehead atoms. The van der Waals surface area contributed by atoms with E-state index in [4.69, 9.17) is 17.0 Å². The van der Waals surface area contributed by atoms with Gasteiger partial charge in [0.25, 0.3) is 10.0 Å². The summed E-state index contributed by atoms with van der Waals surface area (Å²) in [5.74, 6) is -0.0634. The molecule has 0 saturated heterocycles. The summed E-state index contributed by atoms with van der Waals surface area (Å²) in [6, 6.07) is 16.9. The van der Waals surface area contributed by atoms with Gasteiger partial charge < -0.3 is 15.4 Å². The molecular formula is C20H17BrFN3O3S2. The molecule has 3 rings (SSSR count). The van der Waals surface area contributed by atoms with Crippen LogP contribution in [0, 0.1) is 5.82 Å². The van der Waals surface area contributed by atoms with E-state index in [0.717, 1.165) is 4.47 Å². The summed E-state index contributed by atoms with van der Waals surface area (Å²) >= 11 is 8.56. The first-order valence-corrected chi connectivity index (χ1v) is 11.3. The standard InChI is InChI=1S/C20H17BrFN3O3S2/c1-28-19-12-17(30(26,27)25-16-6-2-13(21)3-7-16)10-11-18(19)24-20(29)23-15-8-4-14(22)5-9-15/h2-12,25H,1H3,(H2,23,24,29).